The monoisotopic (exact) mass is 359 g/mol. The number of benzene rings is 1. The van der Waals surface area contributed by atoms with Crippen molar-refractivity contribution in [2.24, 2.45) is 0 Å². The SMILES string of the molecule is COc1ccc(CCN[C@@H](C)C(=O)NC2(C#N)CCCCC2)cc1OC. The van der Waals surface area contributed by atoms with Gasteiger partial charge >= 0.3 is 0 Å². The van der Waals surface area contributed by atoms with Crippen LogP contribution in [0.5, 0.6) is 11.5 Å². The number of amides is 1. The van der Waals surface area contributed by atoms with Crippen LogP contribution in [0.15, 0.2) is 18.2 Å². The number of methoxy groups -OCH3 is 2. The van der Waals surface area contributed by atoms with Crippen LogP contribution in [0.4, 0.5) is 0 Å². The standard InChI is InChI=1S/C20H29N3O3/c1-15(19(24)23-20(14-21)10-5-4-6-11-20)22-12-9-16-7-8-17(25-2)18(13-16)26-3/h7-8,13,15,22H,4-6,9-12H2,1-3H3,(H,23,24)/t15-/m0/s1. The van der Waals surface area contributed by atoms with Gasteiger partial charge in [0.15, 0.2) is 11.5 Å². The predicted molar refractivity (Wildman–Crippen MR) is 100 cm³/mol. The topological polar surface area (TPSA) is 83.4 Å². The average molecular weight is 359 g/mol. The quantitative estimate of drug-likeness (QED) is 0.745. The van der Waals surface area contributed by atoms with E-state index in [2.05, 4.69) is 16.7 Å². The summed E-state index contributed by atoms with van der Waals surface area (Å²) >= 11 is 0. The maximum atomic E-state index is 12.4. The Morgan fingerprint density at radius 2 is 1.92 bits per heavy atom. The van der Waals surface area contributed by atoms with E-state index < -0.39 is 5.54 Å². The van der Waals surface area contributed by atoms with E-state index in [-0.39, 0.29) is 11.9 Å². The molecule has 142 valence electrons. The van der Waals surface area contributed by atoms with Crippen LogP contribution >= 0.6 is 0 Å². The normalized spacial score (nSPS) is 17.0. The van der Waals surface area contributed by atoms with Gasteiger partial charge in [0.05, 0.1) is 26.3 Å². The third kappa shape index (κ3) is 5.12. The van der Waals surface area contributed by atoms with Crippen LogP contribution in [0, 0.1) is 11.3 Å². The van der Waals surface area contributed by atoms with E-state index in [0.717, 1.165) is 44.1 Å². The van der Waals surface area contributed by atoms with Crippen LogP contribution in [-0.2, 0) is 11.2 Å². The molecule has 0 radical (unpaired) electrons. The second-order valence-corrected chi connectivity index (χ2v) is 6.86. The number of carbonyl (C=O) groups excluding carboxylic acids is 1. The van der Waals surface area contributed by atoms with Gasteiger partial charge in [-0.3, -0.25) is 4.79 Å². The summed E-state index contributed by atoms with van der Waals surface area (Å²) in [6, 6.07) is 7.79. The summed E-state index contributed by atoms with van der Waals surface area (Å²) in [6.07, 6.45) is 5.38. The van der Waals surface area contributed by atoms with Crippen molar-refractivity contribution in [3.63, 3.8) is 0 Å². The molecule has 0 saturated heterocycles. The molecule has 0 heterocycles. The highest BCUT2D eigenvalue weighted by molar-refractivity contribution is 5.82. The lowest BCUT2D eigenvalue weighted by Gasteiger charge is -2.32. The fraction of sp³-hybridized carbons (Fsp3) is 0.600. The van der Waals surface area contributed by atoms with E-state index in [9.17, 15) is 10.1 Å². The predicted octanol–water partition coefficient (Wildman–Crippen LogP) is 2.57. The summed E-state index contributed by atoms with van der Waals surface area (Å²) in [5.41, 5.74) is 0.415. The zero-order valence-corrected chi connectivity index (χ0v) is 15.9. The Balaban J connectivity index is 1.83. The van der Waals surface area contributed by atoms with Crippen LogP contribution in [-0.4, -0.2) is 38.3 Å². The Morgan fingerprint density at radius 1 is 1.23 bits per heavy atom. The third-order valence-corrected chi connectivity index (χ3v) is 4.99. The van der Waals surface area contributed by atoms with Crippen molar-refractivity contribution in [2.75, 3.05) is 20.8 Å². The number of nitrogens with zero attached hydrogens (tertiary/aromatic N) is 1. The van der Waals surface area contributed by atoms with Crippen molar-refractivity contribution >= 4 is 5.91 Å². The van der Waals surface area contributed by atoms with E-state index in [1.54, 1.807) is 14.2 Å². The van der Waals surface area contributed by atoms with Gasteiger partial charge in [0.25, 0.3) is 0 Å². The minimum atomic E-state index is -0.686. The molecule has 1 aliphatic rings. The van der Waals surface area contributed by atoms with Gasteiger partial charge in [-0.25, -0.2) is 0 Å². The number of nitrogens with one attached hydrogen (secondary N) is 2. The largest absolute Gasteiger partial charge is 0.493 e. The maximum Gasteiger partial charge on any atom is 0.238 e. The van der Waals surface area contributed by atoms with Crippen molar-refractivity contribution in [1.82, 2.24) is 10.6 Å². The average Bonchev–Trinajstić information content (AvgIpc) is 2.68. The summed E-state index contributed by atoms with van der Waals surface area (Å²) in [5, 5.41) is 15.7. The molecule has 0 unspecified atom stereocenters. The molecule has 1 amide bonds. The van der Waals surface area contributed by atoms with Crippen molar-refractivity contribution in [3.8, 4) is 17.6 Å². The van der Waals surface area contributed by atoms with Gasteiger partial charge in [0.2, 0.25) is 5.91 Å². The molecule has 1 fully saturated rings. The minimum Gasteiger partial charge on any atom is -0.493 e. The Hall–Kier alpha value is -2.26. The molecule has 0 bridgehead atoms. The second-order valence-electron chi connectivity index (χ2n) is 6.86. The van der Waals surface area contributed by atoms with Crippen LogP contribution in [0.2, 0.25) is 0 Å². The van der Waals surface area contributed by atoms with Crippen LogP contribution in [0.3, 0.4) is 0 Å². The van der Waals surface area contributed by atoms with Crippen molar-refractivity contribution in [2.45, 2.75) is 57.0 Å². The number of ether oxygens (including phenoxy) is 2. The zero-order chi connectivity index (χ0) is 19.0. The molecule has 1 aromatic rings. The van der Waals surface area contributed by atoms with Gasteiger partial charge in [-0.15, -0.1) is 0 Å². The van der Waals surface area contributed by atoms with Gasteiger partial charge in [0, 0.05) is 0 Å². The summed E-state index contributed by atoms with van der Waals surface area (Å²) in [7, 11) is 3.22. The highest BCUT2D eigenvalue weighted by Gasteiger charge is 2.34. The van der Waals surface area contributed by atoms with Crippen molar-refractivity contribution in [3.05, 3.63) is 23.8 Å². The molecular weight excluding hydrogens is 330 g/mol. The van der Waals surface area contributed by atoms with Gasteiger partial charge < -0.3 is 20.1 Å². The lowest BCUT2D eigenvalue weighted by atomic mass is 9.82. The third-order valence-electron chi connectivity index (χ3n) is 4.99. The fourth-order valence-corrected chi connectivity index (χ4v) is 3.33. The van der Waals surface area contributed by atoms with E-state index in [1.165, 1.54) is 0 Å². The minimum absolute atomic E-state index is 0.110. The Morgan fingerprint density at radius 3 is 2.54 bits per heavy atom. The molecule has 1 aliphatic carbocycles. The van der Waals surface area contributed by atoms with Crippen LogP contribution < -0.4 is 20.1 Å². The molecule has 1 saturated carbocycles. The Labute approximate surface area is 155 Å². The molecular formula is C20H29N3O3. The van der Waals surface area contributed by atoms with Crippen LogP contribution in [0.25, 0.3) is 0 Å². The number of hydrogen-bond donors (Lipinski definition) is 2. The smallest absolute Gasteiger partial charge is 0.238 e. The first-order chi connectivity index (χ1) is 12.5. The van der Waals surface area contributed by atoms with Crippen molar-refractivity contribution < 1.29 is 14.3 Å². The van der Waals surface area contributed by atoms with E-state index in [4.69, 9.17) is 9.47 Å². The maximum absolute atomic E-state index is 12.4. The number of nitriles is 1. The first-order valence-electron chi connectivity index (χ1n) is 9.21. The summed E-state index contributed by atoms with van der Waals surface area (Å²) in [6.45, 7) is 2.49. The van der Waals surface area contributed by atoms with Crippen LogP contribution in [0.1, 0.15) is 44.6 Å². The van der Waals surface area contributed by atoms with Gasteiger partial charge in [-0.05, 0) is 50.4 Å². The molecule has 26 heavy (non-hydrogen) atoms. The molecule has 0 aliphatic heterocycles. The zero-order valence-electron chi connectivity index (χ0n) is 15.9. The highest BCUT2D eigenvalue weighted by Crippen LogP contribution is 2.28. The molecule has 2 rings (SSSR count). The Kier molecular flexibility index (Phi) is 7.28. The lowest BCUT2D eigenvalue weighted by Crippen LogP contribution is -2.54. The first-order valence-corrected chi connectivity index (χ1v) is 9.21. The molecule has 6 heteroatoms. The van der Waals surface area contributed by atoms with Gasteiger partial charge in [0.1, 0.15) is 5.54 Å². The summed E-state index contributed by atoms with van der Waals surface area (Å²) in [5.74, 6) is 1.29. The molecule has 0 aromatic heterocycles. The molecule has 0 spiro atoms. The van der Waals surface area contributed by atoms with E-state index in [0.29, 0.717) is 18.0 Å². The van der Waals surface area contributed by atoms with Gasteiger partial charge in [-0.2, -0.15) is 5.26 Å². The van der Waals surface area contributed by atoms with Gasteiger partial charge in [-0.1, -0.05) is 25.3 Å². The fourth-order valence-electron chi connectivity index (χ4n) is 3.33. The molecule has 6 nitrogen and oxygen atoms in total. The molecule has 1 atom stereocenters. The summed E-state index contributed by atoms with van der Waals surface area (Å²) < 4.78 is 10.5. The lowest BCUT2D eigenvalue weighted by molar-refractivity contribution is -0.124. The Bertz CT molecular complexity index is 648. The second kappa shape index (κ2) is 9.44. The number of hydrogen-bond acceptors (Lipinski definition) is 5. The van der Waals surface area contributed by atoms with E-state index >= 15 is 0 Å². The number of carbonyl (C=O) groups is 1. The highest BCUT2D eigenvalue weighted by atomic mass is 16.5. The van der Waals surface area contributed by atoms with Crippen molar-refractivity contribution in [1.29, 1.82) is 5.26 Å². The van der Waals surface area contributed by atoms with E-state index in [1.807, 2.05) is 25.1 Å². The first kappa shape index (κ1) is 20.1. The molecule has 1 aromatic carbocycles. The number of rotatable bonds is 8. The summed E-state index contributed by atoms with van der Waals surface area (Å²) in [4.78, 5) is 12.4. The molecule has 2 N–H and O–H groups in total.